The predicted octanol–water partition coefficient (Wildman–Crippen LogP) is 5.00. The number of carbonyl (C=O) groups is 2. The molecular formula is C29H31N3O3. The molecule has 0 spiro atoms. The number of para-hydroxylation sites is 2. The van der Waals surface area contributed by atoms with Crippen LogP contribution in [0, 0.1) is 0 Å². The zero-order chi connectivity index (χ0) is 24.5. The first-order chi connectivity index (χ1) is 17.1. The van der Waals surface area contributed by atoms with Crippen LogP contribution in [0.5, 0.6) is 5.75 Å². The van der Waals surface area contributed by atoms with E-state index in [9.17, 15) is 9.59 Å². The van der Waals surface area contributed by atoms with E-state index >= 15 is 0 Å². The number of nitrogens with zero attached hydrogens (tertiary/aromatic N) is 2. The molecule has 0 bridgehead atoms. The normalized spacial score (nSPS) is 10.9. The van der Waals surface area contributed by atoms with Gasteiger partial charge in [-0.3, -0.25) is 9.59 Å². The summed E-state index contributed by atoms with van der Waals surface area (Å²) < 4.78 is 7.19. The van der Waals surface area contributed by atoms with E-state index in [0.717, 1.165) is 53.9 Å². The molecule has 35 heavy (non-hydrogen) atoms. The molecule has 0 saturated carbocycles. The molecule has 1 N–H and O–H groups in total. The fraction of sp³-hybridized carbons (Fsp3) is 0.276. The fourth-order valence-electron chi connectivity index (χ4n) is 4.16. The van der Waals surface area contributed by atoms with Crippen molar-refractivity contribution in [3.8, 4) is 5.75 Å². The van der Waals surface area contributed by atoms with Gasteiger partial charge in [-0.15, -0.1) is 0 Å². The summed E-state index contributed by atoms with van der Waals surface area (Å²) in [6, 6.07) is 24.9. The van der Waals surface area contributed by atoms with Gasteiger partial charge in [-0.2, -0.15) is 0 Å². The summed E-state index contributed by atoms with van der Waals surface area (Å²) in [5, 5.41) is 3.00. The van der Waals surface area contributed by atoms with Crippen LogP contribution >= 0.6 is 0 Å². The highest BCUT2D eigenvalue weighted by molar-refractivity contribution is 5.96. The van der Waals surface area contributed by atoms with Gasteiger partial charge in [0.15, 0.2) is 5.78 Å². The molecule has 4 rings (SSSR count). The van der Waals surface area contributed by atoms with Crippen molar-refractivity contribution in [2.45, 2.75) is 38.6 Å². The quantitative estimate of drug-likeness (QED) is 0.234. The molecule has 0 fully saturated rings. The summed E-state index contributed by atoms with van der Waals surface area (Å²) in [5.74, 6) is 1.82. The summed E-state index contributed by atoms with van der Waals surface area (Å²) in [6.45, 7) is 0.930. The Labute approximate surface area is 206 Å². The highest BCUT2D eigenvalue weighted by Crippen LogP contribution is 2.19. The van der Waals surface area contributed by atoms with Gasteiger partial charge in [0.2, 0.25) is 5.91 Å². The molecule has 1 heterocycles. The van der Waals surface area contributed by atoms with Gasteiger partial charge in [-0.05, 0) is 42.7 Å². The van der Waals surface area contributed by atoms with Crippen LogP contribution < -0.4 is 10.1 Å². The van der Waals surface area contributed by atoms with Gasteiger partial charge < -0.3 is 14.6 Å². The number of hydrogen-bond acceptors (Lipinski definition) is 4. The minimum absolute atomic E-state index is 0.0244. The van der Waals surface area contributed by atoms with E-state index < -0.39 is 0 Å². The maximum absolute atomic E-state index is 12.9. The smallest absolute Gasteiger partial charge is 0.224 e. The average Bonchev–Trinajstić information content (AvgIpc) is 3.24. The van der Waals surface area contributed by atoms with Crippen molar-refractivity contribution >= 4 is 22.7 Å². The van der Waals surface area contributed by atoms with Gasteiger partial charge in [0.25, 0.3) is 0 Å². The lowest BCUT2D eigenvalue weighted by atomic mass is 10.1. The van der Waals surface area contributed by atoms with Crippen LogP contribution in [-0.4, -0.2) is 34.9 Å². The van der Waals surface area contributed by atoms with E-state index in [0.29, 0.717) is 18.5 Å². The van der Waals surface area contributed by atoms with Crippen LogP contribution in [0.3, 0.4) is 0 Å². The van der Waals surface area contributed by atoms with Gasteiger partial charge in [-0.25, -0.2) is 4.98 Å². The third kappa shape index (κ3) is 6.57. The molecule has 180 valence electrons. The van der Waals surface area contributed by atoms with Gasteiger partial charge in [0.05, 0.1) is 31.1 Å². The minimum atomic E-state index is 0.0244. The van der Waals surface area contributed by atoms with Gasteiger partial charge >= 0.3 is 0 Å². The molecule has 0 radical (unpaired) electrons. The van der Waals surface area contributed by atoms with E-state index in [2.05, 4.69) is 5.32 Å². The van der Waals surface area contributed by atoms with Crippen molar-refractivity contribution in [2.75, 3.05) is 13.7 Å². The van der Waals surface area contributed by atoms with E-state index in [1.54, 1.807) is 7.11 Å². The Kier molecular flexibility index (Phi) is 8.28. The third-order valence-corrected chi connectivity index (χ3v) is 6.05. The first-order valence-corrected chi connectivity index (χ1v) is 12.1. The maximum Gasteiger partial charge on any atom is 0.224 e. The second-order valence-corrected chi connectivity index (χ2v) is 8.58. The van der Waals surface area contributed by atoms with E-state index in [4.69, 9.17) is 9.72 Å². The largest absolute Gasteiger partial charge is 0.497 e. The van der Waals surface area contributed by atoms with Gasteiger partial charge in [0, 0.05) is 18.5 Å². The number of rotatable bonds is 12. The number of hydrogen-bond donors (Lipinski definition) is 1. The SMILES string of the molecule is COc1ccc(CC(=O)NCCCCCc2nc3ccccc3n2CC(=O)c2ccccc2)cc1. The first kappa shape index (κ1) is 24.2. The van der Waals surface area contributed by atoms with Crippen LogP contribution in [0.15, 0.2) is 78.9 Å². The molecule has 1 amide bonds. The lowest BCUT2D eigenvalue weighted by molar-refractivity contribution is -0.120. The number of aryl methyl sites for hydroxylation is 1. The zero-order valence-electron chi connectivity index (χ0n) is 20.1. The second-order valence-electron chi connectivity index (χ2n) is 8.58. The lowest BCUT2D eigenvalue weighted by Gasteiger charge is -2.09. The van der Waals surface area contributed by atoms with E-state index in [1.807, 2.05) is 83.4 Å². The van der Waals surface area contributed by atoms with Crippen LogP contribution in [0.25, 0.3) is 11.0 Å². The zero-order valence-corrected chi connectivity index (χ0v) is 20.1. The first-order valence-electron chi connectivity index (χ1n) is 12.1. The summed E-state index contributed by atoms with van der Waals surface area (Å²) in [6.07, 6.45) is 3.97. The van der Waals surface area contributed by atoms with Gasteiger partial charge in [-0.1, -0.05) is 61.0 Å². The predicted molar refractivity (Wildman–Crippen MR) is 138 cm³/mol. The Morgan fingerprint density at radius 2 is 1.63 bits per heavy atom. The Morgan fingerprint density at radius 1 is 0.886 bits per heavy atom. The van der Waals surface area contributed by atoms with Crippen LogP contribution in [0.4, 0.5) is 0 Å². The number of carbonyl (C=O) groups excluding carboxylic acids is 2. The Balaban J connectivity index is 1.26. The number of aromatic nitrogens is 2. The molecule has 0 saturated heterocycles. The third-order valence-electron chi connectivity index (χ3n) is 6.05. The van der Waals surface area contributed by atoms with Crippen LogP contribution in [0.2, 0.25) is 0 Å². The number of Topliss-reactive ketones (excluding diaryl/α,β-unsaturated/α-hetero) is 1. The number of fused-ring (bicyclic) bond motifs is 1. The van der Waals surface area contributed by atoms with E-state index in [-0.39, 0.29) is 18.2 Å². The van der Waals surface area contributed by atoms with Crippen molar-refractivity contribution in [2.24, 2.45) is 0 Å². The molecule has 0 aliphatic heterocycles. The Morgan fingerprint density at radius 3 is 2.40 bits per heavy atom. The molecule has 4 aromatic rings. The van der Waals surface area contributed by atoms with Crippen LogP contribution in [0.1, 0.15) is 41.0 Å². The number of amides is 1. The van der Waals surface area contributed by atoms with Crippen molar-refractivity contribution in [3.05, 3.63) is 95.8 Å². The monoisotopic (exact) mass is 469 g/mol. The van der Waals surface area contributed by atoms with Gasteiger partial charge in [0.1, 0.15) is 11.6 Å². The summed E-state index contributed by atoms with van der Waals surface area (Å²) in [5.41, 5.74) is 3.57. The molecule has 6 nitrogen and oxygen atoms in total. The number of nitrogens with one attached hydrogen (secondary N) is 1. The lowest BCUT2D eigenvalue weighted by Crippen LogP contribution is -2.26. The number of unbranched alkanes of at least 4 members (excludes halogenated alkanes) is 2. The van der Waals surface area contributed by atoms with Crippen LogP contribution in [-0.2, 0) is 24.2 Å². The highest BCUT2D eigenvalue weighted by Gasteiger charge is 2.14. The molecule has 0 aliphatic carbocycles. The highest BCUT2D eigenvalue weighted by atomic mass is 16.5. The summed E-state index contributed by atoms with van der Waals surface area (Å²) in [7, 11) is 1.63. The summed E-state index contributed by atoms with van der Waals surface area (Å²) in [4.78, 5) is 29.8. The molecule has 0 atom stereocenters. The molecular weight excluding hydrogens is 438 g/mol. The number of ether oxygens (including phenoxy) is 1. The Bertz CT molecular complexity index is 1260. The van der Waals surface area contributed by atoms with Crippen molar-refractivity contribution < 1.29 is 14.3 Å². The molecule has 0 unspecified atom stereocenters. The molecule has 6 heteroatoms. The standard InChI is InChI=1S/C29H31N3O3/c1-35-24-17-15-22(16-18-24)20-29(34)30-19-9-3-6-14-28-31-25-12-7-8-13-26(25)32(28)21-27(33)23-10-4-2-5-11-23/h2,4-5,7-8,10-13,15-18H,3,6,9,14,19-21H2,1H3,(H,30,34). The Hall–Kier alpha value is -3.93. The maximum atomic E-state index is 12.9. The molecule has 0 aliphatic rings. The van der Waals surface area contributed by atoms with Crippen molar-refractivity contribution in [3.63, 3.8) is 0 Å². The topological polar surface area (TPSA) is 73.2 Å². The number of methoxy groups -OCH3 is 1. The molecule has 1 aromatic heterocycles. The molecule has 3 aromatic carbocycles. The fourth-order valence-corrected chi connectivity index (χ4v) is 4.16. The number of benzene rings is 3. The summed E-state index contributed by atoms with van der Waals surface area (Å²) >= 11 is 0. The van der Waals surface area contributed by atoms with E-state index in [1.165, 1.54) is 0 Å². The van der Waals surface area contributed by atoms with Crippen molar-refractivity contribution in [1.82, 2.24) is 14.9 Å². The van der Waals surface area contributed by atoms with Crippen molar-refractivity contribution in [1.29, 1.82) is 0 Å². The number of imidazole rings is 1. The number of ketones is 1. The minimum Gasteiger partial charge on any atom is -0.497 e. The second kappa shape index (κ2) is 12.0. The average molecular weight is 470 g/mol.